The van der Waals surface area contributed by atoms with E-state index in [1.165, 1.54) is 6.42 Å². The van der Waals surface area contributed by atoms with Gasteiger partial charge in [0, 0.05) is 12.7 Å². The molecule has 2 nitrogen and oxygen atoms in total. The lowest BCUT2D eigenvalue weighted by atomic mass is 10.2. The minimum absolute atomic E-state index is 0.697. The topological polar surface area (TPSA) is 6.48 Å². The standard InChI is InChI=1S/C8H20N2/c1-6-8(2)10(5)7-9(3)4/h8H,6-7H2,1-5H3. The van der Waals surface area contributed by atoms with Gasteiger partial charge in [0.2, 0.25) is 0 Å². The average molecular weight is 144 g/mol. The van der Waals surface area contributed by atoms with Crippen molar-refractivity contribution in [3.05, 3.63) is 0 Å². The zero-order chi connectivity index (χ0) is 8.15. The van der Waals surface area contributed by atoms with E-state index in [0.717, 1.165) is 6.67 Å². The minimum atomic E-state index is 0.697. The van der Waals surface area contributed by atoms with E-state index in [1.807, 2.05) is 0 Å². The normalized spacial score (nSPS) is 14.7. The number of hydrogen-bond donors (Lipinski definition) is 0. The maximum Gasteiger partial charge on any atom is 0.0500 e. The van der Waals surface area contributed by atoms with Crippen molar-refractivity contribution in [2.24, 2.45) is 0 Å². The fourth-order valence-corrected chi connectivity index (χ4v) is 0.897. The molecule has 0 radical (unpaired) electrons. The van der Waals surface area contributed by atoms with Gasteiger partial charge >= 0.3 is 0 Å². The van der Waals surface area contributed by atoms with Gasteiger partial charge < -0.3 is 0 Å². The van der Waals surface area contributed by atoms with Gasteiger partial charge in [-0.25, -0.2) is 0 Å². The third kappa shape index (κ3) is 3.85. The average Bonchev–Trinajstić information content (AvgIpc) is 1.85. The lowest BCUT2D eigenvalue weighted by molar-refractivity contribution is 0.163. The van der Waals surface area contributed by atoms with Gasteiger partial charge in [-0.15, -0.1) is 0 Å². The Hall–Kier alpha value is -0.0800. The first-order valence-electron chi connectivity index (χ1n) is 3.93. The predicted molar refractivity (Wildman–Crippen MR) is 46.1 cm³/mol. The number of nitrogens with zero attached hydrogens (tertiary/aromatic N) is 2. The SMILES string of the molecule is CCC(C)N(C)CN(C)C. The lowest BCUT2D eigenvalue weighted by Gasteiger charge is -2.26. The van der Waals surface area contributed by atoms with Crippen LogP contribution in [0, 0.1) is 0 Å². The molecule has 0 aromatic carbocycles. The molecule has 0 N–H and O–H groups in total. The summed E-state index contributed by atoms with van der Waals surface area (Å²) in [5.41, 5.74) is 0. The van der Waals surface area contributed by atoms with E-state index in [-0.39, 0.29) is 0 Å². The van der Waals surface area contributed by atoms with E-state index in [2.05, 4.69) is 44.8 Å². The molecule has 0 bridgehead atoms. The summed E-state index contributed by atoms with van der Waals surface area (Å²) in [5.74, 6) is 0. The van der Waals surface area contributed by atoms with Crippen LogP contribution in [-0.4, -0.2) is 43.7 Å². The van der Waals surface area contributed by atoms with Crippen LogP contribution in [0.1, 0.15) is 20.3 Å². The monoisotopic (exact) mass is 144 g/mol. The predicted octanol–water partition coefficient (Wildman–Crippen LogP) is 1.24. The van der Waals surface area contributed by atoms with E-state index >= 15 is 0 Å². The summed E-state index contributed by atoms with van der Waals surface area (Å²) in [6, 6.07) is 0.697. The van der Waals surface area contributed by atoms with Gasteiger partial charge in [0.1, 0.15) is 0 Å². The van der Waals surface area contributed by atoms with Crippen molar-refractivity contribution in [3.8, 4) is 0 Å². The summed E-state index contributed by atoms with van der Waals surface area (Å²) in [6.07, 6.45) is 1.23. The molecule has 1 unspecified atom stereocenters. The summed E-state index contributed by atoms with van der Waals surface area (Å²) < 4.78 is 0. The van der Waals surface area contributed by atoms with Crippen molar-refractivity contribution < 1.29 is 0 Å². The number of rotatable bonds is 4. The molecule has 0 rings (SSSR count). The van der Waals surface area contributed by atoms with Gasteiger partial charge in [-0.1, -0.05) is 6.92 Å². The number of hydrogen-bond acceptors (Lipinski definition) is 2. The molecule has 0 fully saturated rings. The summed E-state index contributed by atoms with van der Waals surface area (Å²) >= 11 is 0. The fourth-order valence-electron chi connectivity index (χ4n) is 0.897. The van der Waals surface area contributed by atoms with Crippen LogP contribution in [0.4, 0.5) is 0 Å². The molecule has 0 aromatic rings. The summed E-state index contributed by atoms with van der Waals surface area (Å²) in [4.78, 5) is 4.53. The molecule has 0 aliphatic carbocycles. The third-order valence-corrected chi connectivity index (χ3v) is 1.85. The second-order valence-corrected chi connectivity index (χ2v) is 3.24. The molecular weight excluding hydrogens is 124 g/mol. The largest absolute Gasteiger partial charge is 0.297 e. The maximum atomic E-state index is 2.35. The molecule has 0 aliphatic rings. The highest BCUT2D eigenvalue weighted by molar-refractivity contribution is 4.58. The van der Waals surface area contributed by atoms with Gasteiger partial charge in [-0.2, -0.15) is 0 Å². The highest BCUT2D eigenvalue weighted by Gasteiger charge is 2.05. The molecule has 2 heteroatoms. The zero-order valence-corrected chi connectivity index (χ0v) is 7.89. The van der Waals surface area contributed by atoms with Crippen LogP contribution in [0.5, 0.6) is 0 Å². The highest BCUT2D eigenvalue weighted by atomic mass is 15.3. The first-order valence-corrected chi connectivity index (χ1v) is 3.93. The van der Waals surface area contributed by atoms with Crippen molar-refractivity contribution in [2.45, 2.75) is 26.3 Å². The summed E-state index contributed by atoms with van der Waals surface area (Å²) in [5, 5.41) is 0. The Morgan fingerprint density at radius 2 is 1.70 bits per heavy atom. The Bertz CT molecular complexity index is 81.3. The quantitative estimate of drug-likeness (QED) is 0.548. The summed E-state index contributed by atoms with van der Waals surface area (Å²) in [6.45, 7) is 5.52. The van der Waals surface area contributed by atoms with Gasteiger partial charge in [-0.3, -0.25) is 9.80 Å². The Balaban J connectivity index is 3.50. The Labute approximate surface area is 64.8 Å². The van der Waals surface area contributed by atoms with E-state index in [9.17, 15) is 0 Å². The zero-order valence-electron chi connectivity index (χ0n) is 7.89. The Morgan fingerprint density at radius 1 is 1.20 bits per heavy atom. The second kappa shape index (κ2) is 4.69. The van der Waals surface area contributed by atoms with Crippen LogP contribution >= 0.6 is 0 Å². The van der Waals surface area contributed by atoms with Crippen LogP contribution < -0.4 is 0 Å². The first-order chi connectivity index (χ1) is 4.57. The minimum Gasteiger partial charge on any atom is -0.297 e. The molecule has 0 spiro atoms. The first kappa shape index (κ1) is 9.92. The molecule has 0 saturated heterocycles. The second-order valence-electron chi connectivity index (χ2n) is 3.24. The van der Waals surface area contributed by atoms with Crippen molar-refractivity contribution in [1.82, 2.24) is 9.80 Å². The highest BCUT2D eigenvalue weighted by Crippen LogP contribution is 1.98. The Morgan fingerprint density at radius 3 is 2.00 bits per heavy atom. The van der Waals surface area contributed by atoms with Gasteiger partial charge in [-0.05, 0) is 34.5 Å². The van der Waals surface area contributed by atoms with Gasteiger partial charge in [0.05, 0.1) is 0 Å². The molecule has 62 valence electrons. The van der Waals surface area contributed by atoms with Crippen LogP contribution in [0.3, 0.4) is 0 Å². The van der Waals surface area contributed by atoms with E-state index in [4.69, 9.17) is 0 Å². The van der Waals surface area contributed by atoms with Crippen molar-refractivity contribution >= 4 is 0 Å². The van der Waals surface area contributed by atoms with E-state index in [1.54, 1.807) is 0 Å². The molecule has 0 heterocycles. The van der Waals surface area contributed by atoms with Gasteiger partial charge in [0.25, 0.3) is 0 Å². The molecule has 0 saturated carbocycles. The van der Waals surface area contributed by atoms with Crippen LogP contribution in [0.25, 0.3) is 0 Å². The molecule has 1 atom stereocenters. The van der Waals surface area contributed by atoms with Crippen LogP contribution in [-0.2, 0) is 0 Å². The smallest absolute Gasteiger partial charge is 0.0500 e. The molecule has 0 amide bonds. The van der Waals surface area contributed by atoms with Crippen molar-refractivity contribution in [3.63, 3.8) is 0 Å². The van der Waals surface area contributed by atoms with Crippen molar-refractivity contribution in [1.29, 1.82) is 0 Å². The van der Waals surface area contributed by atoms with Crippen LogP contribution in [0.2, 0.25) is 0 Å². The molecule has 0 aromatic heterocycles. The molecular formula is C8H20N2. The molecule has 10 heavy (non-hydrogen) atoms. The van der Waals surface area contributed by atoms with E-state index in [0.29, 0.717) is 6.04 Å². The van der Waals surface area contributed by atoms with Gasteiger partial charge in [0.15, 0.2) is 0 Å². The lowest BCUT2D eigenvalue weighted by Crippen LogP contribution is -2.36. The van der Waals surface area contributed by atoms with E-state index < -0.39 is 0 Å². The Kier molecular flexibility index (Phi) is 4.65. The summed E-state index contributed by atoms with van der Waals surface area (Å²) in [7, 11) is 6.35. The van der Waals surface area contributed by atoms with Crippen LogP contribution in [0.15, 0.2) is 0 Å². The fraction of sp³-hybridized carbons (Fsp3) is 1.00. The van der Waals surface area contributed by atoms with Crippen molar-refractivity contribution in [2.75, 3.05) is 27.8 Å². The molecule has 0 aliphatic heterocycles. The third-order valence-electron chi connectivity index (χ3n) is 1.85. The maximum absolute atomic E-state index is 2.35.